The summed E-state index contributed by atoms with van der Waals surface area (Å²) in [6.45, 7) is 4.24. The highest BCUT2D eigenvalue weighted by molar-refractivity contribution is 5.97. The summed E-state index contributed by atoms with van der Waals surface area (Å²) in [5.74, 6) is -0.118. The molecule has 1 aliphatic heterocycles. The molecule has 2 aromatic rings. The van der Waals surface area contributed by atoms with Crippen molar-refractivity contribution in [1.82, 2.24) is 5.32 Å². The highest BCUT2D eigenvalue weighted by atomic mass is 19.4. The number of benzene rings is 2. The van der Waals surface area contributed by atoms with E-state index in [-0.39, 0.29) is 18.0 Å². The SMILES string of the molecule is Cc1ccc(N2C[C@@H](NC(=O)Nc3cccc(C(F)(F)F)c3)CC2=O)cc1C. The van der Waals surface area contributed by atoms with E-state index in [0.29, 0.717) is 6.54 Å². The Morgan fingerprint density at radius 1 is 1.11 bits per heavy atom. The number of urea groups is 1. The summed E-state index contributed by atoms with van der Waals surface area (Å²) < 4.78 is 38.3. The van der Waals surface area contributed by atoms with Gasteiger partial charge in [-0.15, -0.1) is 0 Å². The smallest absolute Gasteiger partial charge is 0.333 e. The molecule has 3 amide bonds. The normalized spacial score (nSPS) is 17.0. The maximum Gasteiger partial charge on any atom is 0.416 e. The Kier molecular flexibility index (Phi) is 5.31. The molecule has 8 heteroatoms. The zero-order chi connectivity index (χ0) is 20.5. The van der Waals surface area contributed by atoms with Gasteiger partial charge in [0.25, 0.3) is 0 Å². The van der Waals surface area contributed by atoms with Crippen molar-refractivity contribution in [2.24, 2.45) is 0 Å². The highest BCUT2D eigenvalue weighted by Gasteiger charge is 2.32. The molecule has 1 saturated heterocycles. The van der Waals surface area contributed by atoms with Crippen molar-refractivity contribution >= 4 is 23.3 Å². The van der Waals surface area contributed by atoms with E-state index in [1.54, 1.807) is 4.90 Å². The molecule has 0 aromatic heterocycles. The van der Waals surface area contributed by atoms with Gasteiger partial charge in [-0.1, -0.05) is 12.1 Å². The van der Waals surface area contributed by atoms with Crippen LogP contribution < -0.4 is 15.5 Å². The van der Waals surface area contributed by atoms with Crippen molar-refractivity contribution in [3.63, 3.8) is 0 Å². The van der Waals surface area contributed by atoms with E-state index < -0.39 is 23.8 Å². The topological polar surface area (TPSA) is 61.4 Å². The van der Waals surface area contributed by atoms with E-state index >= 15 is 0 Å². The number of aryl methyl sites for hydroxylation is 2. The molecule has 2 N–H and O–H groups in total. The standard InChI is InChI=1S/C20H20F3N3O2/c1-12-6-7-17(8-13(12)2)26-11-16(10-18(26)27)25-19(28)24-15-5-3-4-14(9-15)20(21,22)23/h3-9,16H,10-11H2,1-2H3,(H2,24,25,28)/t16-/m0/s1. The summed E-state index contributed by atoms with van der Waals surface area (Å²) in [4.78, 5) is 26.0. The minimum Gasteiger partial charge on any atom is -0.333 e. The number of hydrogen-bond acceptors (Lipinski definition) is 2. The third kappa shape index (κ3) is 4.44. The number of anilines is 2. The largest absolute Gasteiger partial charge is 0.416 e. The molecule has 1 aliphatic rings. The molecule has 148 valence electrons. The molecule has 1 heterocycles. The first kappa shape index (κ1) is 19.7. The average Bonchev–Trinajstić information content (AvgIpc) is 2.97. The summed E-state index contributed by atoms with van der Waals surface area (Å²) in [5, 5.41) is 5.04. The Morgan fingerprint density at radius 3 is 2.54 bits per heavy atom. The number of amides is 3. The van der Waals surface area contributed by atoms with Crippen molar-refractivity contribution in [3.8, 4) is 0 Å². The van der Waals surface area contributed by atoms with Crippen LogP contribution in [0.3, 0.4) is 0 Å². The van der Waals surface area contributed by atoms with Crippen LogP contribution in [0.2, 0.25) is 0 Å². The van der Waals surface area contributed by atoms with Crippen molar-refractivity contribution < 1.29 is 22.8 Å². The fourth-order valence-electron chi connectivity index (χ4n) is 3.07. The van der Waals surface area contributed by atoms with E-state index in [9.17, 15) is 22.8 Å². The number of halogens is 3. The van der Waals surface area contributed by atoms with E-state index in [1.807, 2.05) is 32.0 Å². The van der Waals surface area contributed by atoms with Gasteiger partial charge in [0.2, 0.25) is 5.91 Å². The minimum atomic E-state index is -4.49. The average molecular weight is 391 g/mol. The van der Waals surface area contributed by atoms with Gasteiger partial charge in [0.1, 0.15) is 0 Å². The minimum absolute atomic E-state index is 0.0302. The van der Waals surface area contributed by atoms with Gasteiger partial charge in [-0.3, -0.25) is 4.79 Å². The van der Waals surface area contributed by atoms with E-state index in [2.05, 4.69) is 10.6 Å². The molecule has 5 nitrogen and oxygen atoms in total. The molecule has 0 radical (unpaired) electrons. The van der Waals surface area contributed by atoms with Gasteiger partial charge in [-0.05, 0) is 55.3 Å². The van der Waals surface area contributed by atoms with Gasteiger partial charge in [-0.2, -0.15) is 13.2 Å². The van der Waals surface area contributed by atoms with Crippen LogP contribution in [0.1, 0.15) is 23.1 Å². The van der Waals surface area contributed by atoms with Crippen molar-refractivity contribution in [1.29, 1.82) is 0 Å². The maximum atomic E-state index is 12.8. The monoisotopic (exact) mass is 391 g/mol. The number of hydrogen-bond donors (Lipinski definition) is 2. The number of nitrogens with one attached hydrogen (secondary N) is 2. The molecule has 0 spiro atoms. The molecule has 0 bridgehead atoms. The highest BCUT2D eigenvalue weighted by Crippen LogP contribution is 2.30. The number of nitrogens with zero attached hydrogens (tertiary/aromatic N) is 1. The van der Waals surface area contributed by atoms with Gasteiger partial charge in [-0.25, -0.2) is 4.79 Å². The van der Waals surface area contributed by atoms with Crippen LogP contribution in [0.25, 0.3) is 0 Å². The fourth-order valence-corrected chi connectivity index (χ4v) is 3.07. The number of alkyl halides is 3. The van der Waals surface area contributed by atoms with Gasteiger partial charge in [0.15, 0.2) is 0 Å². The molecule has 1 atom stereocenters. The second kappa shape index (κ2) is 7.53. The van der Waals surface area contributed by atoms with Crippen LogP contribution >= 0.6 is 0 Å². The van der Waals surface area contributed by atoms with Gasteiger partial charge < -0.3 is 15.5 Å². The van der Waals surface area contributed by atoms with Crippen molar-refractivity contribution in [2.45, 2.75) is 32.5 Å². The lowest BCUT2D eigenvalue weighted by Gasteiger charge is -2.18. The Hall–Kier alpha value is -3.03. The van der Waals surface area contributed by atoms with Crippen LogP contribution in [-0.2, 0) is 11.0 Å². The summed E-state index contributed by atoms with van der Waals surface area (Å²) in [7, 11) is 0. The predicted molar refractivity (Wildman–Crippen MR) is 100 cm³/mol. The summed E-state index contributed by atoms with van der Waals surface area (Å²) in [5.41, 5.74) is 2.12. The summed E-state index contributed by atoms with van der Waals surface area (Å²) in [6.07, 6.45) is -4.36. The first-order valence-electron chi connectivity index (χ1n) is 8.76. The van der Waals surface area contributed by atoms with Gasteiger partial charge in [0, 0.05) is 24.3 Å². The molecule has 0 saturated carbocycles. The number of carbonyl (C=O) groups excluding carboxylic acids is 2. The molecular weight excluding hydrogens is 371 g/mol. The first-order chi connectivity index (χ1) is 13.1. The zero-order valence-corrected chi connectivity index (χ0v) is 15.4. The third-order valence-corrected chi connectivity index (χ3v) is 4.71. The Balaban J connectivity index is 1.62. The van der Waals surface area contributed by atoms with E-state index in [4.69, 9.17) is 0 Å². The lowest BCUT2D eigenvalue weighted by Crippen LogP contribution is -2.39. The van der Waals surface area contributed by atoms with Gasteiger partial charge >= 0.3 is 12.2 Å². The van der Waals surface area contributed by atoms with Crippen molar-refractivity contribution in [3.05, 3.63) is 59.2 Å². The molecule has 1 fully saturated rings. The molecule has 3 rings (SSSR count). The second-order valence-electron chi connectivity index (χ2n) is 6.85. The number of rotatable bonds is 3. The fraction of sp³-hybridized carbons (Fsp3) is 0.300. The first-order valence-corrected chi connectivity index (χ1v) is 8.76. The third-order valence-electron chi connectivity index (χ3n) is 4.71. The second-order valence-corrected chi connectivity index (χ2v) is 6.85. The van der Waals surface area contributed by atoms with Crippen LogP contribution in [0.4, 0.5) is 29.3 Å². The Bertz CT molecular complexity index is 912. The van der Waals surface area contributed by atoms with Crippen molar-refractivity contribution in [2.75, 3.05) is 16.8 Å². The van der Waals surface area contributed by atoms with Crippen LogP contribution in [0, 0.1) is 13.8 Å². The van der Waals surface area contributed by atoms with Gasteiger partial charge in [0.05, 0.1) is 11.6 Å². The van der Waals surface area contributed by atoms with Crippen LogP contribution in [0.15, 0.2) is 42.5 Å². The maximum absolute atomic E-state index is 12.8. The van der Waals surface area contributed by atoms with Crippen LogP contribution in [0.5, 0.6) is 0 Å². The predicted octanol–water partition coefficient (Wildman–Crippen LogP) is 4.25. The quantitative estimate of drug-likeness (QED) is 0.822. The van der Waals surface area contributed by atoms with E-state index in [1.165, 1.54) is 12.1 Å². The summed E-state index contributed by atoms with van der Waals surface area (Å²) in [6, 6.07) is 9.00. The van der Waals surface area contributed by atoms with E-state index in [0.717, 1.165) is 28.9 Å². The molecular formula is C20H20F3N3O2. The summed E-state index contributed by atoms with van der Waals surface area (Å²) >= 11 is 0. The Labute approximate surface area is 160 Å². The number of carbonyl (C=O) groups is 2. The molecule has 0 unspecified atom stereocenters. The van der Waals surface area contributed by atoms with Crippen LogP contribution in [-0.4, -0.2) is 24.5 Å². The molecule has 2 aromatic carbocycles. The zero-order valence-electron chi connectivity index (χ0n) is 15.4. The molecule has 28 heavy (non-hydrogen) atoms. The Morgan fingerprint density at radius 2 is 1.86 bits per heavy atom. The molecule has 0 aliphatic carbocycles. The lowest BCUT2D eigenvalue weighted by molar-refractivity contribution is -0.137. The lowest BCUT2D eigenvalue weighted by atomic mass is 10.1.